The number of carbonyl (C=O) groups excluding carboxylic acids is 2. The number of nitrogens with one attached hydrogen (secondary N) is 2. The van der Waals surface area contributed by atoms with Gasteiger partial charge < -0.3 is 16.4 Å². The predicted molar refractivity (Wildman–Crippen MR) is 140 cm³/mol. The molecule has 8 nitrogen and oxygen atoms in total. The van der Waals surface area contributed by atoms with Crippen molar-refractivity contribution in [2.75, 3.05) is 23.7 Å². The molecule has 2 amide bonds. The van der Waals surface area contributed by atoms with Crippen molar-refractivity contribution in [1.82, 2.24) is 4.31 Å². The van der Waals surface area contributed by atoms with Crippen molar-refractivity contribution >= 4 is 33.2 Å². The largest absolute Gasteiger partial charge is 0.380 e. The number of piperidine rings is 1. The second kappa shape index (κ2) is 10.4. The summed E-state index contributed by atoms with van der Waals surface area (Å²) >= 11 is 0. The van der Waals surface area contributed by atoms with Gasteiger partial charge in [0.25, 0.3) is 11.8 Å². The van der Waals surface area contributed by atoms with E-state index in [4.69, 9.17) is 5.73 Å². The Balaban J connectivity index is 1.78. The maximum atomic E-state index is 12.8. The Morgan fingerprint density at radius 2 is 1.74 bits per heavy atom. The Morgan fingerprint density at radius 3 is 2.31 bits per heavy atom. The van der Waals surface area contributed by atoms with Crippen LogP contribution in [0.25, 0.3) is 0 Å². The monoisotopic (exact) mass is 500 g/mol. The van der Waals surface area contributed by atoms with Gasteiger partial charge in [-0.15, -0.1) is 0 Å². The highest BCUT2D eigenvalue weighted by Crippen LogP contribution is 2.26. The van der Waals surface area contributed by atoms with Crippen LogP contribution in [0.3, 0.4) is 0 Å². The summed E-state index contributed by atoms with van der Waals surface area (Å²) in [4.78, 5) is 24.8. The molecule has 1 fully saturated rings. The minimum absolute atomic E-state index is 0.0105. The lowest BCUT2D eigenvalue weighted by Crippen LogP contribution is -2.47. The van der Waals surface area contributed by atoms with Crippen molar-refractivity contribution in [2.45, 2.75) is 64.2 Å². The number of benzene rings is 2. The van der Waals surface area contributed by atoms with Gasteiger partial charge in [-0.3, -0.25) is 9.59 Å². The summed E-state index contributed by atoms with van der Waals surface area (Å²) in [6, 6.07) is 12.1. The summed E-state index contributed by atoms with van der Waals surface area (Å²) in [7, 11) is -3.37. The van der Waals surface area contributed by atoms with Crippen molar-refractivity contribution in [3.05, 3.63) is 59.2 Å². The molecule has 2 aromatic rings. The minimum atomic E-state index is -3.37. The molecule has 0 aliphatic carbocycles. The topological polar surface area (TPSA) is 122 Å². The quantitative estimate of drug-likeness (QED) is 0.531. The lowest BCUT2D eigenvalue weighted by molar-refractivity contribution is 0.0998. The Morgan fingerprint density at radius 1 is 1.09 bits per heavy atom. The van der Waals surface area contributed by atoms with Crippen molar-refractivity contribution in [1.29, 1.82) is 0 Å². The molecule has 0 bridgehead atoms. The van der Waals surface area contributed by atoms with E-state index in [1.165, 1.54) is 4.31 Å². The van der Waals surface area contributed by atoms with Crippen molar-refractivity contribution in [3.8, 4) is 0 Å². The molecule has 0 saturated carbocycles. The van der Waals surface area contributed by atoms with Crippen LogP contribution < -0.4 is 16.4 Å². The van der Waals surface area contributed by atoms with Gasteiger partial charge in [0.1, 0.15) is 0 Å². The highest BCUT2D eigenvalue weighted by atomic mass is 32.2. The molecule has 1 aliphatic heterocycles. The molecule has 9 heteroatoms. The maximum absolute atomic E-state index is 12.8. The fourth-order valence-corrected chi connectivity index (χ4v) is 5.46. The predicted octanol–water partition coefficient (Wildman–Crippen LogP) is 3.95. The van der Waals surface area contributed by atoms with E-state index in [-0.39, 0.29) is 22.9 Å². The molecule has 1 unspecified atom stereocenters. The van der Waals surface area contributed by atoms with Crippen LogP contribution in [0.4, 0.5) is 11.4 Å². The third-order valence-corrected chi connectivity index (χ3v) is 8.50. The van der Waals surface area contributed by atoms with Crippen LogP contribution in [0.2, 0.25) is 0 Å². The van der Waals surface area contributed by atoms with E-state index < -0.39 is 21.2 Å². The van der Waals surface area contributed by atoms with Gasteiger partial charge in [0.05, 0.1) is 10.8 Å². The zero-order chi connectivity index (χ0) is 26.0. The van der Waals surface area contributed by atoms with Crippen LogP contribution in [-0.4, -0.2) is 48.9 Å². The smallest absolute Gasteiger partial charge is 0.255 e. The summed E-state index contributed by atoms with van der Waals surface area (Å²) in [6.45, 7) is 10.4. The molecule has 1 atom stereocenters. The van der Waals surface area contributed by atoms with Crippen molar-refractivity contribution < 1.29 is 18.0 Å². The molecule has 190 valence electrons. The molecule has 1 heterocycles. The van der Waals surface area contributed by atoms with Gasteiger partial charge in [-0.1, -0.05) is 32.9 Å². The Bertz CT molecular complexity index is 1180. The molecule has 3 rings (SSSR count). The lowest BCUT2D eigenvalue weighted by Gasteiger charge is -2.34. The first-order chi connectivity index (χ1) is 16.3. The summed E-state index contributed by atoms with van der Waals surface area (Å²) in [5.74, 6) is -0.874. The first kappa shape index (κ1) is 26.7. The van der Waals surface area contributed by atoms with Gasteiger partial charge >= 0.3 is 0 Å². The average Bonchev–Trinajstić information content (AvgIpc) is 2.78. The Labute approximate surface area is 208 Å². The van der Waals surface area contributed by atoms with E-state index >= 15 is 0 Å². The molecule has 0 radical (unpaired) electrons. The van der Waals surface area contributed by atoms with Gasteiger partial charge in [0.2, 0.25) is 10.0 Å². The zero-order valence-electron chi connectivity index (χ0n) is 21.1. The first-order valence-corrected chi connectivity index (χ1v) is 13.4. The van der Waals surface area contributed by atoms with E-state index in [0.717, 1.165) is 12.0 Å². The van der Waals surface area contributed by atoms with E-state index in [0.29, 0.717) is 36.4 Å². The highest BCUT2D eigenvalue weighted by molar-refractivity contribution is 7.89. The number of anilines is 2. The van der Waals surface area contributed by atoms with Crippen molar-refractivity contribution in [2.24, 2.45) is 5.73 Å². The van der Waals surface area contributed by atoms with Gasteiger partial charge in [-0.05, 0) is 68.0 Å². The number of rotatable bonds is 7. The number of hydrogen-bond donors (Lipinski definition) is 3. The SMILES string of the molecule is CC(C)S(=O)(=O)N1CCCC(Nc2cc(NC(=O)c3ccc(C(C)(C)C)cc3)ccc2C(N)=O)C1. The zero-order valence-corrected chi connectivity index (χ0v) is 21.9. The number of nitrogens with zero attached hydrogens (tertiary/aromatic N) is 1. The van der Waals surface area contributed by atoms with Crippen LogP contribution in [-0.2, 0) is 15.4 Å². The number of amides is 2. The number of carbonyl (C=O) groups is 2. The summed E-state index contributed by atoms with van der Waals surface area (Å²) < 4.78 is 26.7. The van der Waals surface area contributed by atoms with Gasteiger partial charge in [0.15, 0.2) is 0 Å². The Hall–Kier alpha value is -2.91. The van der Waals surface area contributed by atoms with Crippen LogP contribution >= 0.6 is 0 Å². The number of nitrogens with two attached hydrogens (primary N) is 1. The molecule has 4 N–H and O–H groups in total. The van der Waals surface area contributed by atoms with Crippen LogP contribution in [0.15, 0.2) is 42.5 Å². The normalized spacial score (nSPS) is 17.3. The highest BCUT2D eigenvalue weighted by Gasteiger charge is 2.31. The average molecular weight is 501 g/mol. The summed E-state index contributed by atoms with van der Waals surface area (Å²) in [6.07, 6.45) is 1.45. The number of hydrogen-bond acceptors (Lipinski definition) is 5. The van der Waals surface area contributed by atoms with E-state index in [9.17, 15) is 18.0 Å². The number of sulfonamides is 1. The third kappa shape index (κ3) is 6.41. The van der Waals surface area contributed by atoms with E-state index in [2.05, 4.69) is 31.4 Å². The van der Waals surface area contributed by atoms with Gasteiger partial charge in [0, 0.05) is 36.1 Å². The molecule has 2 aromatic carbocycles. The molecule has 0 spiro atoms. The fourth-order valence-electron chi connectivity index (χ4n) is 4.09. The summed E-state index contributed by atoms with van der Waals surface area (Å²) in [5.41, 5.74) is 8.47. The third-order valence-electron chi connectivity index (χ3n) is 6.26. The number of primary amides is 1. The van der Waals surface area contributed by atoms with Crippen LogP contribution in [0.5, 0.6) is 0 Å². The maximum Gasteiger partial charge on any atom is 0.255 e. The summed E-state index contributed by atoms with van der Waals surface area (Å²) in [5, 5.41) is 5.66. The molecular formula is C26H36N4O4S. The van der Waals surface area contributed by atoms with E-state index in [1.54, 1.807) is 44.2 Å². The first-order valence-electron chi connectivity index (χ1n) is 11.9. The minimum Gasteiger partial charge on any atom is -0.380 e. The molecule has 1 saturated heterocycles. The molecule has 35 heavy (non-hydrogen) atoms. The lowest BCUT2D eigenvalue weighted by atomic mass is 9.87. The molecule has 1 aliphatic rings. The molecule has 0 aromatic heterocycles. The van der Waals surface area contributed by atoms with Crippen LogP contribution in [0.1, 0.15) is 73.7 Å². The Kier molecular flexibility index (Phi) is 7.91. The van der Waals surface area contributed by atoms with Crippen LogP contribution in [0, 0.1) is 0 Å². The van der Waals surface area contributed by atoms with Crippen molar-refractivity contribution in [3.63, 3.8) is 0 Å². The second-order valence-electron chi connectivity index (χ2n) is 10.3. The van der Waals surface area contributed by atoms with Gasteiger partial charge in [-0.2, -0.15) is 4.31 Å². The standard InChI is InChI=1S/C26H36N4O4S/c1-17(2)35(33,34)30-14-6-7-21(16-30)28-23-15-20(12-13-22(23)24(27)31)29-25(32)18-8-10-19(11-9-18)26(3,4)5/h8-13,15,17,21,28H,6-7,14,16H2,1-5H3,(H2,27,31)(H,29,32). The fraction of sp³-hybridized carbons (Fsp3) is 0.462. The van der Waals surface area contributed by atoms with Gasteiger partial charge in [-0.25, -0.2) is 8.42 Å². The second-order valence-corrected chi connectivity index (χ2v) is 12.8. The molecular weight excluding hydrogens is 464 g/mol. The van der Waals surface area contributed by atoms with E-state index in [1.807, 2.05) is 12.1 Å².